The molecule has 5 nitrogen and oxygen atoms in total. The van der Waals surface area contributed by atoms with E-state index in [-0.39, 0.29) is 11.9 Å². The predicted molar refractivity (Wildman–Crippen MR) is 64.6 cm³/mol. The zero-order valence-electron chi connectivity index (χ0n) is 11.0. The number of likely N-dealkylation sites (tertiary alicyclic amines) is 1. The number of hydrogen-bond donors (Lipinski definition) is 1. The van der Waals surface area contributed by atoms with Gasteiger partial charge in [0, 0.05) is 18.6 Å². The normalized spacial score (nSPS) is 25.5. The molecule has 3 amide bonds. The van der Waals surface area contributed by atoms with Crippen molar-refractivity contribution < 1.29 is 9.59 Å². The van der Waals surface area contributed by atoms with Crippen LogP contribution in [0.25, 0.3) is 0 Å². The maximum Gasteiger partial charge on any atom is 0.325 e. The van der Waals surface area contributed by atoms with Crippen molar-refractivity contribution in [2.24, 2.45) is 0 Å². The molecule has 1 N–H and O–H groups in total. The van der Waals surface area contributed by atoms with Crippen LogP contribution in [-0.4, -0.2) is 53.0 Å². The molecular formula is C12H21N3O2. The molecule has 17 heavy (non-hydrogen) atoms. The van der Waals surface area contributed by atoms with Gasteiger partial charge < -0.3 is 10.2 Å². The van der Waals surface area contributed by atoms with Crippen LogP contribution in [-0.2, 0) is 4.79 Å². The van der Waals surface area contributed by atoms with Crippen LogP contribution in [0.15, 0.2) is 0 Å². The lowest BCUT2D eigenvalue weighted by Crippen LogP contribution is -2.55. The highest BCUT2D eigenvalue weighted by molar-refractivity contribution is 6.07. The van der Waals surface area contributed by atoms with Crippen LogP contribution in [0.3, 0.4) is 0 Å². The third-order valence-corrected chi connectivity index (χ3v) is 3.67. The lowest BCUT2D eigenvalue weighted by molar-refractivity contribution is -0.135. The standard InChI is InChI=1S/C12H21N3O2/c1-11(2,3)15-9(16)12(13-10(15)17)5-7-14(4)8-6-12/h5-8H2,1-4H3,(H,13,17). The van der Waals surface area contributed by atoms with Crippen LogP contribution >= 0.6 is 0 Å². The molecule has 5 heteroatoms. The van der Waals surface area contributed by atoms with Gasteiger partial charge in [-0.2, -0.15) is 0 Å². The number of urea groups is 1. The fraction of sp³-hybridized carbons (Fsp3) is 0.833. The van der Waals surface area contributed by atoms with Crippen LogP contribution < -0.4 is 5.32 Å². The quantitative estimate of drug-likeness (QED) is 0.636. The predicted octanol–water partition coefficient (Wildman–Crippen LogP) is 0.801. The summed E-state index contributed by atoms with van der Waals surface area (Å²) in [5.74, 6) is -0.0527. The molecule has 0 bridgehead atoms. The Bertz CT molecular complexity index is 351. The summed E-state index contributed by atoms with van der Waals surface area (Å²) in [5.41, 5.74) is -1.09. The minimum absolute atomic E-state index is 0.0527. The van der Waals surface area contributed by atoms with Gasteiger partial charge in [0.25, 0.3) is 5.91 Å². The molecule has 2 heterocycles. The Morgan fingerprint density at radius 2 is 1.71 bits per heavy atom. The smallest absolute Gasteiger partial charge is 0.323 e. The Balaban J connectivity index is 2.24. The highest BCUT2D eigenvalue weighted by Crippen LogP contribution is 2.32. The zero-order chi connectivity index (χ0) is 12.8. The molecular weight excluding hydrogens is 218 g/mol. The van der Waals surface area contributed by atoms with E-state index in [1.165, 1.54) is 4.90 Å². The summed E-state index contributed by atoms with van der Waals surface area (Å²) >= 11 is 0. The van der Waals surface area contributed by atoms with Crippen molar-refractivity contribution in [3.63, 3.8) is 0 Å². The maximum absolute atomic E-state index is 12.5. The molecule has 2 aliphatic rings. The Morgan fingerprint density at radius 1 is 1.18 bits per heavy atom. The van der Waals surface area contributed by atoms with Crippen molar-refractivity contribution in [3.8, 4) is 0 Å². The van der Waals surface area contributed by atoms with Crippen molar-refractivity contribution in [1.29, 1.82) is 0 Å². The number of hydrogen-bond acceptors (Lipinski definition) is 3. The van der Waals surface area contributed by atoms with E-state index in [2.05, 4.69) is 10.2 Å². The molecule has 0 aromatic carbocycles. The number of carbonyl (C=O) groups excluding carboxylic acids is 2. The molecule has 2 aliphatic heterocycles. The van der Waals surface area contributed by atoms with Gasteiger partial charge in [0.15, 0.2) is 0 Å². The third kappa shape index (κ3) is 1.92. The SMILES string of the molecule is CN1CCC2(CC1)NC(=O)N(C(C)(C)C)C2=O. The van der Waals surface area contributed by atoms with Crippen LogP contribution in [0.4, 0.5) is 4.79 Å². The summed E-state index contributed by atoms with van der Waals surface area (Å²) in [6.45, 7) is 7.36. The van der Waals surface area contributed by atoms with E-state index in [4.69, 9.17) is 0 Å². The van der Waals surface area contributed by atoms with Crippen LogP contribution in [0.2, 0.25) is 0 Å². The Kier molecular flexibility index (Phi) is 2.69. The first kappa shape index (κ1) is 12.4. The molecule has 0 aromatic rings. The fourth-order valence-electron chi connectivity index (χ4n) is 2.57. The molecule has 0 radical (unpaired) electrons. The molecule has 2 rings (SSSR count). The van der Waals surface area contributed by atoms with Gasteiger partial charge in [0.1, 0.15) is 5.54 Å². The number of carbonyl (C=O) groups is 2. The van der Waals surface area contributed by atoms with Crippen molar-refractivity contribution in [2.45, 2.75) is 44.7 Å². The zero-order valence-corrected chi connectivity index (χ0v) is 11.0. The second-order valence-electron chi connectivity index (χ2n) is 6.13. The lowest BCUT2D eigenvalue weighted by atomic mass is 9.87. The molecule has 0 unspecified atom stereocenters. The van der Waals surface area contributed by atoms with Crippen molar-refractivity contribution >= 4 is 11.9 Å². The fourth-order valence-corrected chi connectivity index (χ4v) is 2.57. The van der Waals surface area contributed by atoms with E-state index < -0.39 is 11.1 Å². The monoisotopic (exact) mass is 239 g/mol. The summed E-state index contributed by atoms with van der Waals surface area (Å²) in [6.07, 6.45) is 1.42. The van der Waals surface area contributed by atoms with Crippen molar-refractivity contribution in [1.82, 2.24) is 15.1 Å². The van der Waals surface area contributed by atoms with E-state index in [9.17, 15) is 9.59 Å². The average molecular weight is 239 g/mol. The highest BCUT2D eigenvalue weighted by Gasteiger charge is 2.54. The summed E-state index contributed by atoms with van der Waals surface area (Å²) in [4.78, 5) is 28.0. The molecule has 2 fully saturated rings. The van der Waals surface area contributed by atoms with E-state index in [1.54, 1.807) is 0 Å². The van der Waals surface area contributed by atoms with Gasteiger partial charge in [0.2, 0.25) is 0 Å². The Hall–Kier alpha value is -1.10. The number of rotatable bonds is 0. The lowest BCUT2D eigenvalue weighted by Gasteiger charge is -2.36. The highest BCUT2D eigenvalue weighted by atomic mass is 16.2. The minimum Gasteiger partial charge on any atom is -0.323 e. The molecule has 0 saturated carbocycles. The van der Waals surface area contributed by atoms with Gasteiger partial charge >= 0.3 is 6.03 Å². The van der Waals surface area contributed by atoms with Gasteiger partial charge in [-0.25, -0.2) is 4.79 Å². The van der Waals surface area contributed by atoms with Gasteiger partial charge in [0.05, 0.1) is 0 Å². The van der Waals surface area contributed by atoms with Crippen molar-refractivity contribution in [2.75, 3.05) is 20.1 Å². The largest absolute Gasteiger partial charge is 0.325 e. The molecule has 96 valence electrons. The summed E-state index contributed by atoms with van der Waals surface area (Å²) in [7, 11) is 2.04. The van der Waals surface area contributed by atoms with Gasteiger partial charge in [-0.1, -0.05) is 0 Å². The first-order chi connectivity index (χ1) is 7.76. The average Bonchev–Trinajstić information content (AvgIpc) is 2.43. The van der Waals surface area contributed by atoms with E-state index in [0.29, 0.717) is 12.8 Å². The minimum atomic E-state index is -0.642. The van der Waals surface area contributed by atoms with E-state index in [1.807, 2.05) is 27.8 Å². The van der Waals surface area contributed by atoms with Crippen LogP contribution in [0.1, 0.15) is 33.6 Å². The Morgan fingerprint density at radius 3 is 2.12 bits per heavy atom. The summed E-state index contributed by atoms with van der Waals surface area (Å²) in [5, 5.41) is 2.91. The number of amides is 3. The Labute approximate surface area is 102 Å². The third-order valence-electron chi connectivity index (χ3n) is 3.67. The molecule has 0 aliphatic carbocycles. The molecule has 0 aromatic heterocycles. The number of nitrogens with zero attached hydrogens (tertiary/aromatic N) is 2. The summed E-state index contributed by atoms with van der Waals surface area (Å²) in [6, 6.07) is -0.243. The molecule has 1 spiro atoms. The first-order valence-corrected chi connectivity index (χ1v) is 6.12. The van der Waals surface area contributed by atoms with Crippen LogP contribution in [0, 0.1) is 0 Å². The number of imide groups is 1. The number of nitrogens with one attached hydrogen (secondary N) is 1. The second kappa shape index (κ2) is 3.70. The van der Waals surface area contributed by atoms with E-state index >= 15 is 0 Å². The van der Waals surface area contributed by atoms with Crippen LogP contribution in [0.5, 0.6) is 0 Å². The summed E-state index contributed by atoms with van der Waals surface area (Å²) < 4.78 is 0. The molecule has 0 atom stereocenters. The van der Waals surface area contributed by atoms with Gasteiger partial charge in [-0.3, -0.25) is 9.69 Å². The maximum atomic E-state index is 12.5. The molecule has 2 saturated heterocycles. The first-order valence-electron chi connectivity index (χ1n) is 6.12. The number of piperidine rings is 1. The van der Waals surface area contributed by atoms with Gasteiger partial charge in [-0.05, 0) is 40.7 Å². The van der Waals surface area contributed by atoms with Gasteiger partial charge in [-0.15, -0.1) is 0 Å². The topological polar surface area (TPSA) is 52.7 Å². The van der Waals surface area contributed by atoms with E-state index in [0.717, 1.165) is 13.1 Å². The second-order valence-corrected chi connectivity index (χ2v) is 6.13. The van der Waals surface area contributed by atoms with Crippen molar-refractivity contribution in [3.05, 3.63) is 0 Å².